The molecule has 2 aromatic rings. The predicted molar refractivity (Wildman–Crippen MR) is 70.5 cm³/mol. The van der Waals surface area contributed by atoms with E-state index in [2.05, 4.69) is 21.4 Å². The molecular weight excluding hydrogens is 230 g/mol. The Morgan fingerprint density at radius 1 is 1.33 bits per heavy atom. The van der Waals surface area contributed by atoms with Gasteiger partial charge < -0.3 is 19.8 Å². The molecule has 2 aromatic heterocycles. The molecule has 5 nitrogen and oxygen atoms in total. The summed E-state index contributed by atoms with van der Waals surface area (Å²) in [5.41, 5.74) is 2.17. The van der Waals surface area contributed by atoms with E-state index in [0.717, 1.165) is 18.7 Å². The molecule has 0 radical (unpaired) electrons. The number of fused-ring (bicyclic) bond motifs is 1. The van der Waals surface area contributed by atoms with Crippen molar-refractivity contribution in [1.82, 2.24) is 15.3 Å². The molecule has 0 amide bonds. The second-order valence-electron chi connectivity index (χ2n) is 4.00. The molecular formula is C13H19N3O2. The Kier molecular flexibility index (Phi) is 5.14. The lowest BCUT2D eigenvalue weighted by atomic mass is 10.2. The highest BCUT2D eigenvalue weighted by molar-refractivity contribution is 5.79. The first-order valence-corrected chi connectivity index (χ1v) is 6.10. The van der Waals surface area contributed by atoms with Crippen LogP contribution >= 0.6 is 0 Å². The van der Waals surface area contributed by atoms with E-state index in [1.54, 1.807) is 13.3 Å². The second-order valence-corrected chi connectivity index (χ2v) is 4.00. The Hall–Kier alpha value is -1.43. The maximum absolute atomic E-state index is 5.37. The molecule has 98 valence electrons. The van der Waals surface area contributed by atoms with Crippen molar-refractivity contribution in [3.05, 3.63) is 30.1 Å². The van der Waals surface area contributed by atoms with Crippen LogP contribution in [-0.4, -0.2) is 43.4 Å². The monoisotopic (exact) mass is 249 g/mol. The average molecular weight is 249 g/mol. The van der Waals surface area contributed by atoms with Crippen molar-refractivity contribution in [2.75, 3.05) is 33.5 Å². The third-order valence-corrected chi connectivity index (χ3v) is 2.71. The van der Waals surface area contributed by atoms with Crippen LogP contribution in [0.5, 0.6) is 0 Å². The van der Waals surface area contributed by atoms with Crippen LogP contribution < -0.4 is 5.32 Å². The van der Waals surface area contributed by atoms with E-state index in [1.807, 2.05) is 12.3 Å². The van der Waals surface area contributed by atoms with E-state index in [1.165, 1.54) is 10.9 Å². The molecule has 0 unspecified atom stereocenters. The highest BCUT2D eigenvalue weighted by atomic mass is 16.5. The summed E-state index contributed by atoms with van der Waals surface area (Å²) in [5, 5.41) is 4.51. The Labute approximate surface area is 107 Å². The molecule has 18 heavy (non-hydrogen) atoms. The van der Waals surface area contributed by atoms with Crippen molar-refractivity contribution >= 4 is 11.0 Å². The van der Waals surface area contributed by atoms with Crippen molar-refractivity contribution in [3.8, 4) is 0 Å². The number of hydrogen-bond donors (Lipinski definition) is 2. The summed E-state index contributed by atoms with van der Waals surface area (Å²) in [6.45, 7) is 3.64. The Balaban J connectivity index is 1.70. The molecule has 0 aliphatic rings. The quantitative estimate of drug-likeness (QED) is 0.693. The van der Waals surface area contributed by atoms with Crippen LogP contribution in [0.25, 0.3) is 11.0 Å². The number of nitrogens with zero attached hydrogens (tertiary/aromatic N) is 1. The third kappa shape index (κ3) is 3.53. The molecule has 0 atom stereocenters. The van der Waals surface area contributed by atoms with Gasteiger partial charge in [-0.15, -0.1) is 0 Å². The summed E-state index contributed by atoms with van der Waals surface area (Å²) in [4.78, 5) is 7.42. The summed E-state index contributed by atoms with van der Waals surface area (Å²) in [5.74, 6) is 0. The van der Waals surface area contributed by atoms with Crippen molar-refractivity contribution in [2.45, 2.75) is 6.54 Å². The highest BCUT2D eigenvalue weighted by Gasteiger charge is 2.02. The number of hydrogen-bond acceptors (Lipinski definition) is 4. The molecule has 0 fully saturated rings. The van der Waals surface area contributed by atoms with Gasteiger partial charge >= 0.3 is 0 Å². The van der Waals surface area contributed by atoms with Crippen LogP contribution in [0.2, 0.25) is 0 Å². The van der Waals surface area contributed by atoms with Crippen molar-refractivity contribution in [2.24, 2.45) is 0 Å². The molecule has 2 N–H and O–H groups in total. The molecule has 0 spiro atoms. The largest absolute Gasteiger partial charge is 0.382 e. The topological polar surface area (TPSA) is 59.2 Å². The van der Waals surface area contributed by atoms with E-state index in [4.69, 9.17) is 9.47 Å². The van der Waals surface area contributed by atoms with Gasteiger partial charge in [-0.2, -0.15) is 0 Å². The van der Waals surface area contributed by atoms with E-state index in [-0.39, 0.29) is 0 Å². The van der Waals surface area contributed by atoms with Gasteiger partial charge in [0.2, 0.25) is 0 Å². The first-order chi connectivity index (χ1) is 8.92. The highest BCUT2D eigenvalue weighted by Crippen LogP contribution is 2.14. The average Bonchev–Trinajstić information content (AvgIpc) is 2.81. The number of H-pyrrole nitrogens is 1. The maximum Gasteiger partial charge on any atom is 0.137 e. The van der Waals surface area contributed by atoms with Crippen LogP contribution in [0.4, 0.5) is 0 Å². The third-order valence-electron chi connectivity index (χ3n) is 2.71. The molecule has 0 bridgehead atoms. The van der Waals surface area contributed by atoms with Gasteiger partial charge in [-0.1, -0.05) is 0 Å². The maximum atomic E-state index is 5.37. The zero-order valence-corrected chi connectivity index (χ0v) is 10.6. The number of methoxy groups -OCH3 is 1. The van der Waals surface area contributed by atoms with Gasteiger partial charge in [0.05, 0.1) is 19.8 Å². The molecule has 0 aromatic carbocycles. The number of aromatic amines is 1. The lowest BCUT2D eigenvalue weighted by Crippen LogP contribution is -2.20. The fourth-order valence-electron chi connectivity index (χ4n) is 1.77. The Morgan fingerprint density at radius 3 is 3.17 bits per heavy atom. The normalized spacial score (nSPS) is 11.2. The van der Waals surface area contributed by atoms with Crippen LogP contribution in [0.15, 0.2) is 24.5 Å². The standard InChI is InChI=1S/C13H19N3O2/c1-17-7-8-18-6-5-14-9-11-10-16-13-12(11)3-2-4-15-13/h2-4,10,14H,5-9H2,1H3,(H,15,16). The lowest BCUT2D eigenvalue weighted by molar-refractivity contribution is 0.0719. The van der Waals surface area contributed by atoms with E-state index < -0.39 is 0 Å². The Morgan fingerprint density at radius 2 is 2.28 bits per heavy atom. The van der Waals surface area contributed by atoms with Crippen LogP contribution in [-0.2, 0) is 16.0 Å². The molecule has 0 aliphatic heterocycles. The smallest absolute Gasteiger partial charge is 0.137 e. The number of ether oxygens (including phenoxy) is 2. The zero-order chi connectivity index (χ0) is 12.6. The lowest BCUT2D eigenvalue weighted by Gasteiger charge is -2.05. The van der Waals surface area contributed by atoms with Crippen molar-refractivity contribution < 1.29 is 9.47 Å². The van der Waals surface area contributed by atoms with Gasteiger partial charge in [0.1, 0.15) is 5.65 Å². The molecule has 0 saturated carbocycles. The summed E-state index contributed by atoms with van der Waals surface area (Å²) >= 11 is 0. The van der Waals surface area contributed by atoms with Crippen molar-refractivity contribution in [1.29, 1.82) is 0 Å². The molecule has 0 saturated heterocycles. The van der Waals surface area contributed by atoms with Crippen molar-refractivity contribution in [3.63, 3.8) is 0 Å². The van der Waals surface area contributed by atoms with E-state index in [9.17, 15) is 0 Å². The van der Waals surface area contributed by atoms with Gasteiger partial charge in [-0.05, 0) is 17.7 Å². The molecule has 2 heterocycles. The summed E-state index contributed by atoms with van der Waals surface area (Å²) in [6, 6.07) is 4.03. The fraction of sp³-hybridized carbons (Fsp3) is 0.462. The summed E-state index contributed by atoms with van der Waals surface area (Å²) in [6.07, 6.45) is 3.79. The van der Waals surface area contributed by atoms with Crippen LogP contribution in [0.1, 0.15) is 5.56 Å². The minimum absolute atomic E-state index is 0.647. The zero-order valence-electron chi connectivity index (χ0n) is 10.6. The number of rotatable bonds is 8. The van der Waals surface area contributed by atoms with Gasteiger partial charge in [-0.25, -0.2) is 4.98 Å². The van der Waals surface area contributed by atoms with Gasteiger partial charge in [0.15, 0.2) is 0 Å². The van der Waals surface area contributed by atoms with Gasteiger partial charge in [-0.3, -0.25) is 0 Å². The van der Waals surface area contributed by atoms with Crippen LogP contribution in [0, 0.1) is 0 Å². The molecule has 2 rings (SSSR count). The second kappa shape index (κ2) is 7.10. The number of pyridine rings is 1. The van der Waals surface area contributed by atoms with E-state index >= 15 is 0 Å². The first-order valence-electron chi connectivity index (χ1n) is 6.10. The predicted octanol–water partition coefficient (Wildman–Crippen LogP) is 1.32. The molecule has 5 heteroatoms. The number of nitrogens with one attached hydrogen (secondary N) is 2. The summed E-state index contributed by atoms with van der Waals surface area (Å²) < 4.78 is 10.3. The minimum atomic E-state index is 0.647. The van der Waals surface area contributed by atoms with Crippen LogP contribution in [0.3, 0.4) is 0 Å². The summed E-state index contributed by atoms with van der Waals surface area (Å²) in [7, 11) is 1.67. The fourth-order valence-corrected chi connectivity index (χ4v) is 1.77. The molecule has 0 aliphatic carbocycles. The number of aromatic nitrogens is 2. The van der Waals surface area contributed by atoms with Gasteiger partial charge in [0.25, 0.3) is 0 Å². The Bertz CT molecular complexity index is 470. The SMILES string of the molecule is COCCOCCNCc1c[nH]c2ncccc12. The minimum Gasteiger partial charge on any atom is -0.382 e. The van der Waals surface area contributed by atoms with E-state index in [0.29, 0.717) is 19.8 Å². The first kappa shape index (κ1) is 13.0. The van der Waals surface area contributed by atoms with Gasteiger partial charge in [0, 0.05) is 38.0 Å².